The van der Waals surface area contributed by atoms with Crippen LogP contribution >= 0.6 is 7.26 Å². The van der Waals surface area contributed by atoms with Crippen molar-refractivity contribution < 1.29 is 4.43 Å². The molecule has 0 spiro atoms. The van der Waals surface area contributed by atoms with E-state index in [9.17, 15) is 0 Å². The lowest BCUT2D eigenvalue weighted by molar-refractivity contribution is 0.278. The fraction of sp³-hybridized carbons (Fsp3) is 0.625. The fourth-order valence-corrected chi connectivity index (χ4v) is 8.41. The zero-order valence-electron chi connectivity index (χ0n) is 13.4. The van der Waals surface area contributed by atoms with Gasteiger partial charge < -0.3 is 4.43 Å². The minimum atomic E-state index is -1.53. The van der Waals surface area contributed by atoms with E-state index in [1.807, 2.05) is 0 Å². The summed E-state index contributed by atoms with van der Waals surface area (Å²) in [7, 11) is -2.59. The summed E-state index contributed by atoms with van der Waals surface area (Å²) in [5.74, 6) is 0.348. The lowest BCUT2D eigenvalue weighted by Crippen LogP contribution is -2.30. The predicted molar refractivity (Wildman–Crippen MR) is 92.2 cm³/mol. The average Bonchev–Trinajstić information content (AvgIpc) is 2.40. The molecule has 19 heavy (non-hydrogen) atoms. The molecule has 0 heterocycles. The molecule has 0 aliphatic rings. The first-order chi connectivity index (χ1) is 8.88. The van der Waals surface area contributed by atoms with Gasteiger partial charge in [0, 0.05) is 12.8 Å². The zero-order valence-corrected chi connectivity index (χ0v) is 15.3. The first-order valence-electron chi connectivity index (χ1n) is 7.47. The van der Waals surface area contributed by atoms with Crippen LogP contribution in [-0.2, 0) is 4.43 Å². The van der Waals surface area contributed by atoms with Crippen molar-refractivity contribution in [1.29, 1.82) is 0 Å². The topological polar surface area (TPSA) is 9.23 Å². The predicted octanol–water partition coefficient (Wildman–Crippen LogP) is 5.61. The molecule has 0 saturated carbocycles. The van der Waals surface area contributed by atoms with Gasteiger partial charge in [-0.2, -0.15) is 0 Å². The summed E-state index contributed by atoms with van der Waals surface area (Å²) in [6, 6.07) is 10.9. The van der Waals surface area contributed by atoms with Gasteiger partial charge in [-0.3, -0.25) is 0 Å². The van der Waals surface area contributed by atoms with Gasteiger partial charge in [-0.05, 0) is 40.4 Å². The van der Waals surface area contributed by atoms with Gasteiger partial charge in [0.2, 0.25) is 0 Å². The second-order valence-electron chi connectivity index (χ2n) is 6.16. The highest BCUT2D eigenvalue weighted by Gasteiger charge is 2.44. The maximum absolute atomic E-state index is 6.65. The van der Waals surface area contributed by atoms with Gasteiger partial charge in [0.05, 0.1) is 18.5 Å². The van der Waals surface area contributed by atoms with E-state index in [0.29, 0.717) is 5.85 Å². The lowest BCUT2D eigenvalue weighted by Gasteiger charge is -2.36. The van der Waals surface area contributed by atoms with Crippen molar-refractivity contribution in [2.24, 2.45) is 0 Å². The Labute approximate surface area is 121 Å². The Hall–Kier alpha value is -0.173. The van der Waals surface area contributed by atoms with Gasteiger partial charge in [0.15, 0.2) is 14.2 Å². The molecule has 1 nitrogen and oxygen atoms in total. The van der Waals surface area contributed by atoms with E-state index in [4.69, 9.17) is 4.43 Å². The quantitative estimate of drug-likeness (QED) is 0.469. The van der Waals surface area contributed by atoms with Crippen LogP contribution in [0.5, 0.6) is 0 Å². The fourth-order valence-electron chi connectivity index (χ4n) is 2.62. The van der Waals surface area contributed by atoms with E-state index in [1.165, 1.54) is 24.0 Å². The Morgan fingerprint density at radius 3 is 1.79 bits per heavy atom. The Kier molecular flexibility index (Phi) is 6.23. The molecule has 0 aliphatic carbocycles. The van der Waals surface area contributed by atoms with Gasteiger partial charge in [0.1, 0.15) is 0 Å². The second kappa shape index (κ2) is 7.01. The molecule has 0 aliphatic heterocycles. The van der Waals surface area contributed by atoms with Crippen molar-refractivity contribution in [1.82, 2.24) is 0 Å². The van der Waals surface area contributed by atoms with Crippen molar-refractivity contribution in [3.05, 3.63) is 35.9 Å². The summed E-state index contributed by atoms with van der Waals surface area (Å²) < 4.78 is 6.65. The maximum atomic E-state index is 6.65. The van der Waals surface area contributed by atoms with Crippen LogP contribution in [-0.4, -0.2) is 26.8 Å². The molecule has 3 heteroatoms. The van der Waals surface area contributed by atoms with Crippen molar-refractivity contribution in [3.8, 4) is 0 Å². The Balaban J connectivity index is 3.19. The molecule has 0 fully saturated rings. The third-order valence-corrected chi connectivity index (χ3v) is 10.3. The van der Waals surface area contributed by atoms with Crippen LogP contribution in [0.4, 0.5) is 0 Å². The largest absolute Gasteiger partial charge is 0.381 e. The van der Waals surface area contributed by atoms with Crippen LogP contribution in [0.1, 0.15) is 32.2 Å². The molecule has 1 aromatic rings. The van der Waals surface area contributed by atoms with Gasteiger partial charge in [0.25, 0.3) is 0 Å². The van der Waals surface area contributed by atoms with Crippen LogP contribution in [0, 0.1) is 0 Å². The third kappa shape index (κ3) is 4.41. The molecule has 0 saturated heterocycles. The molecular formula is C16H30OPSi+. The van der Waals surface area contributed by atoms with Gasteiger partial charge >= 0.3 is 0 Å². The highest BCUT2D eigenvalue weighted by Crippen LogP contribution is 2.69. The summed E-state index contributed by atoms with van der Waals surface area (Å²) >= 11 is 0. The normalized spacial score (nSPS) is 14.4. The van der Waals surface area contributed by atoms with E-state index in [0.717, 1.165) is 0 Å². The summed E-state index contributed by atoms with van der Waals surface area (Å²) in [5.41, 5.74) is 1.39. The molecule has 1 unspecified atom stereocenters. The van der Waals surface area contributed by atoms with Gasteiger partial charge in [-0.15, -0.1) is 0 Å². The standard InChI is InChI=1S/C16H30OPSi/c1-7-18(8-2,9-3)16(17-19(4,5)6)15-13-11-10-12-14-15/h10-14,16H,7-9H2,1-6H3/q+1. The molecule has 0 amide bonds. The third-order valence-electron chi connectivity index (χ3n) is 3.94. The average molecular weight is 297 g/mol. The Bertz CT molecular complexity index is 360. The molecule has 0 bridgehead atoms. The lowest BCUT2D eigenvalue weighted by atomic mass is 10.2. The monoisotopic (exact) mass is 297 g/mol. The van der Waals surface area contributed by atoms with Crippen LogP contribution in [0.15, 0.2) is 30.3 Å². The van der Waals surface area contributed by atoms with Crippen molar-refractivity contribution >= 4 is 15.6 Å². The molecular weight excluding hydrogens is 267 g/mol. The molecule has 1 rings (SSSR count). The van der Waals surface area contributed by atoms with E-state index < -0.39 is 15.6 Å². The van der Waals surface area contributed by atoms with Crippen LogP contribution in [0.3, 0.4) is 0 Å². The van der Waals surface area contributed by atoms with Crippen molar-refractivity contribution in [2.45, 2.75) is 46.3 Å². The second-order valence-corrected chi connectivity index (χ2v) is 15.4. The van der Waals surface area contributed by atoms with Crippen LogP contribution < -0.4 is 0 Å². The summed E-state index contributed by atoms with van der Waals surface area (Å²) in [4.78, 5) is 0. The SMILES string of the molecule is CC[P+](CC)(CC)C(O[Si](C)(C)C)c1ccccc1. The molecule has 0 radical (unpaired) electrons. The number of hydrogen-bond acceptors (Lipinski definition) is 1. The van der Waals surface area contributed by atoms with E-state index in [2.05, 4.69) is 70.7 Å². The smallest absolute Gasteiger partial charge is 0.189 e. The van der Waals surface area contributed by atoms with Crippen LogP contribution in [0.25, 0.3) is 0 Å². The first-order valence-corrected chi connectivity index (χ1v) is 13.3. The summed E-state index contributed by atoms with van der Waals surface area (Å²) in [6.07, 6.45) is 3.85. The summed E-state index contributed by atoms with van der Waals surface area (Å²) in [5, 5.41) is 0. The minimum Gasteiger partial charge on any atom is -0.381 e. The van der Waals surface area contributed by atoms with E-state index in [-0.39, 0.29) is 0 Å². The van der Waals surface area contributed by atoms with Gasteiger partial charge in [-0.25, -0.2) is 0 Å². The first kappa shape index (κ1) is 16.9. The highest BCUT2D eigenvalue weighted by molar-refractivity contribution is 7.76. The maximum Gasteiger partial charge on any atom is 0.189 e. The molecule has 108 valence electrons. The van der Waals surface area contributed by atoms with E-state index in [1.54, 1.807) is 0 Å². The molecule has 1 atom stereocenters. The molecule has 0 N–H and O–H groups in total. The van der Waals surface area contributed by atoms with Crippen molar-refractivity contribution in [2.75, 3.05) is 18.5 Å². The minimum absolute atomic E-state index is 0.348. The Morgan fingerprint density at radius 1 is 0.947 bits per heavy atom. The molecule has 0 aromatic heterocycles. The zero-order chi connectivity index (χ0) is 14.5. The number of rotatable bonds is 7. The van der Waals surface area contributed by atoms with Gasteiger partial charge in [-0.1, -0.05) is 30.3 Å². The Morgan fingerprint density at radius 2 is 1.42 bits per heavy atom. The summed E-state index contributed by atoms with van der Waals surface area (Å²) in [6.45, 7) is 14.0. The van der Waals surface area contributed by atoms with Crippen LogP contribution in [0.2, 0.25) is 19.6 Å². The highest BCUT2D eigenvalue weighted by atomic mass is 31.2. The van der Waals surface area contributed by atoms with Crippen molar-refractivity contribution in [3.63, 3.8) is 0 Å². The number of benzene rings is 1. The van der Waals surface area contributed by atoms with E-state index >= 15 is 0 Å². The molecule has 1 aromatic carbocycles. The number of hydrogen-bond donors (Lipinski definition) is 0.